The molecule has 0 aromatic heterocycles. The van der Waals surface area contributed by atoms with Crippen LogP contribution in [0.4, 0.5) is 14.5 Å². The molecule has 114 valence electrons. The molecule has 0 bridgehead atoms. The Hall–Kier alpha value is -1.98. The zero-order valence-corrected chi connectivity index (χ0v) is 12.2. The Balaban J connectivity index is 2.53. The number of rotatable bonds is 3. The van der Waals surface area contributed by atoms with E-state index in [1.54, 1.807) is 13.8 Å². The third kappa shape index (κ3) is 2.62. The van der Waals surface area contributed by atoms with Crippen molar-refractivity contribution in [3.8, 4) is 0 Å². The molecule has 0 spiro atoms. The monoisotopic (exact) mass is 296 g/mol. The van der Waals surface area contributed by atoms with E-state index in [-0.39, 0.29) is 17.2 Å². The number of hydrogen-bond acceptors (Lipinski definition) is 2. The maximum atomic E-state index is 14.2. The van der Waals surface area contributed by atoms with Crippen molar-refractivity contribution in [3.05, 3.63) is 29.3 Å². The van der Waals surface area contributed by atoms with Gasteiger partial charge in [-0.1, -0.05) is 13.8 Å². The summed E-state index contributed by atoms with van der Waals surface area (Å²) >= 11 is 0. The van der Waals surface area contributed by atoms with E-state index in [9.17, 15) is 18.4 Å². The van der Waals surface area contributed by atoms with E-state index >= 15 is 0 Å². The fraction of sp³-hybridized carbons (Fsp3) is 0.467. The summed E-state index contributed by atoms with van der Waals surface area (Å²) < 4.78 is 27.9. The molecule has 1 saturated heterocycles. The van der Waals surface area contributed by atoms with Gasteiger partial charge in [0.05, 0.1) is 5.69 Å². The van der Waals surface area contributed by atoms with Gasteiger partial charge in [-0.15, -0.1) is 0 Å². The van der Waals surface area contributed by atoms with E-state index in [2.05, 4.69) is 5.32 Å². The minimum Gasteiger partial charge on any atom is -0.342 e. The van der Waals surface area contributed by atoms with Gasteiger partial charge in [-0.2, -0.15) is 0 Å². The molecule has 2 unspecified atom stereocenters. The second kappa shape index (κ2) is 5.79. The molecule has 1 aromatic carbocycles. The van der Waals surface area contributed by atoms with Crippen LogP contribution < -0.4 is 10.2 Å². The van der Waals surface area contributed by atoms with E-state index < -0.39 is 29.6 Å². The minimum atomic E-state index is -0.822. The molecule has 1 aliphatic rings. The molecule has 6 heteroatoms. The largest absolute Gasteiger partial charge is 0.342 e. The first-order valence-corrected chi connectivity index (χ1v) is 6.99. The molecule has 0 saturated carbocycles. The van der Waals surface area contributed by atoms with Gasteiger partial charge in [0.1, 0.15) is 23.7 Å². The summed E-state index contributed by atoms with van der Waals surface area (Å²) in [6, 6.07) is 0.496. The highest BCUT2D eigenvalue weighted by Crippen LogP contribution is 2.28. The number of amides is 2. The molecule has 1 N–H and O–H groups in total. The van der Waals surface area contributed by atoms with Gasteiger partial charge in [0.15, 0.2) is 0 Å². The summed E-state index contributed by atoms with van der Waals surface area (Å²) in [5.74, 6) is -2.06. The third-order valence-corrected chi connectivity index (χ3v) is 3.75. The van der Waals surface area contributed by atoms with Crippen molar-refractivity contribution in [3.63, 3.8) is 0 Å². The average molecular weight is 296 g/mol. The highest BCUT2D eigenvalue weighted by Gasteiger charge is 2.40. The van der Waals surface area contributed by atoms with Gasteiger partial charge in [-0.25, -0.2) is 8.78 Å². The van der Waals surface area contributed by atoms with Crippen LogP contribution in [0.1, 0.15) is 32.3 Å². The number of aryl methyl sites for hydroxylation is 1. The second-order valence-corrected chi connectivity index (χ2v) is 5.15. The van der Waals surface area contributed by atoms with Crippen LogP contribution in [0.3, 0.4) is 0 Å². The Morgan fingerprint density at radius 2 is 1.81 bits per heavy atom. The first kappa shape index (κ1) is 15.4. The predicted octanol–water partition coefficient (Wildman–Crippen LogP) is 2.29. The summed E-state index contributed by atoms with van der Waals surface area (Å²) in [5, 5.41) is 2.62. The Kier molecular flexibility index (Phi) is 4.25. The van der Waals surface area contributed by atoms with Crippen LogP contribution in [0.15, 0.2) is 12.1 Å². The van der Waals surface area contributed by atoms with Crippen molar-refractivity contribution in [1.29, 1.82) is 0 Å². The van der Waals surface area contributed by atoms with Crippen molar-refractivity contribution in [2.75, 3.05) is 4.90 Å². The van der Waals surface area contributed by atoms with Gasteiger partial charge in [-0.05, 0) is 31.4 Å². The summed E-state index contributed by atoms with van der Waals surface area (Å²) in [6.45, 7) is 4.91. The fourth-order valence-corrected chi connectivity index (χ4v) is 2.52. The van der Waals surface area contributed by atoms with Crippen molar-refractivity contribution in [2.45, 2.75) is 45.7 Å². The standard InChI is InChI=1S/C15H18F2N2O2/c1-4-11-15(21)19(12(5-2)14(20)18-11)13-7-9(16)8(3)6-10(13)17/h6-7,11-12H,4-5H2,1-3H3,(H,18,20). The van der Waals surface area contributed by atoms with E-state index in [1.165, 1.54) is 6.92 Å². The van der Waals surface area contributed by atoms with Crippen molar-refractivity contribution < 1.29 is 18.4 Å². The second-order valence-electron chi connectivity index (χ2n) is 5.15. The fourth-order valence-electron chi connectivity index (χ4n) is 2.52. The SMILES string of the molecule is CCC1NC(=O)C(CC)N(c2cc(F)c(C)cc2F)C1=O. The predicted molar refractivity (Wildman–Crippen MR) is 74.9 cm³/mol. The number of anilines is 1. The molecule has 2 amide bonds. The highest BCUT2D eigenvalue weighted by molar-refractivity contribution is 6.08. The summed E-state index contributed by atoms with van der Waals surface area (Å²) in [7, 11) is 0. The van der Waals surface area contributed by atoms with Crippen LogP contribution in [0.5, 0.6) is 0 Å². The van der Waals surface area contributed by atoms with Gasteiger partial charge < -0.3 is 5.32 Å². The van der Waals surface area contributed by atoms with Crippen molar-refractivity contribution >= 4 is 17.5 Å². The van der Waals surface area contributed by atoms with Gasteiger partial charge in [0, 0.05) is 6.07 Å². The van der Waals surface area contributed by atoms with Gasteiger partial charge in [-0.3, -0.25) is 14.5 Å². The van der Waals surface area contributed by atoms with Crippen LogP contribution in [0.25, 0.3) is 0 Å². The molecular formula is C15H18F2N2O2. The number of halogens is 2. The Morgan fingerprint density at radius 3 is 2.38 bits per heavy atom. The summed E-state index contributed by atoms with van der Waals surface area (Å²) in [6.07, 6.45) is 0.719. The average Bonchev–Trinajstić information content (AvgIpc) is 2.44. The third-order valence-electron chi connectivity index (χ3n) is 3.75. The van der Waals surface area contributed by atoms with Crippen molar-refractivity contribution in [1.82, 2.24) is 5.32 Å². The molecule has 1 heterocycles. The number of carbonyl (C=O) groups is 2. The van der Waals surface area contributed by atoms with Gasteiger partial charge in [0.2, 0.25) is 11.8 Å². The first-order valence-electron chi connectivity index (χ1n) is 6.99. The van der Waals surface area contributed by atoms with Gasteiger partial charge >= 0.3 is 0 Å². The molecule has 4 nitrogen and oxygen atoms in total. The molecule has 2 rings (SSSR count). The topological polar surface area (TPSA) is 49.4 Å². The lowest BCUT2D eigenvalue weighted by molar-refractivity contribution is -0.134. The van der Waals surface area contributed by atoms with Crippen LogP contribution in [-0.2, 0) is 9.59 Å². The van der Waals surface area contributed by atoms with Crippen LogP contribution >= 0.6 is 0 Å². The number of hydrogen-bond donors (Lipinski definition) is 1. The normalized spacial score (nSPS) is 22.4. The molecule has 1 aliphatic heterocycles. The number of carbonyl (C=O) groups excluding carboxylic acids is 2. The summed E-state index contributed by atoms with van der Waals surface area (Å²) in [4.78, 5) is 25.6. The quantitative estimate of drug-likeness (QED) is 0.930. The summed E-state index contributed by atoms with van der Waals surface area (Å²) in [5.41, 5.74) is -0.0199. The highest BCUT2D eigenvalue weighted by atomic mass is 19.1. The van der Waals surface area contributed by atoms with E-state index in [0.717, 1.165) is 17.0 Å². The number of piperazine rings is 1. The first-order chi connectivity index (χ1) is 9.90. The van der Waals surface area contributed by atoms with Gasteiger partial charge in [0.25, 0.3) is 0 Å². The number of benzene rings is 1. The lowest BCUT2D eigenvalue weighted by atomic mass is 10.0. The maximum Gasteiger partial charge on any atom is 0.250 e. The molecule has 1 aromatic rings. The lowest BCUT2D eigenvalue weighted by Crippen LogP contribution is -2.63. The smallest absolute Gasteiger partial charge is 0.250 e. The van der Waals surface area contributed by atoms with Crippen LogP contribution in [0, 0.1) is 18.6 Å². The maximum absolute atomic E-state index is 14.2. The van der Waals surface area contributed by atoms with Crippen molar-refractivity contribution in [2.24, 2.45) is 0 Å². The zero-order valence-electron chi connectivity index (χ0n) is 12.2. The molecule has 2 atom stereocenters. The van der Waals surface area contributed by atoms with E-state index in [4.69, 9.17) is 0 Å². The molecule has 1 fully saturated rings. The molecular weight excluding hydrogens is 278 g/mol. The zero-order chi connectivity index (χ0) is 15.7. The molecule has 0 radical (unpaired) electrons. The number of nitrogens with zero attached hydrogens (tertiary/aromatic N) is 1. The van der Waals surface area contributed by atoms with Crippen LogP contribution in [0.2, 0.25) is 0 Å². The molecule has 21 heavy (non-hydrogen) atoms. The Labute approximate surface area is 122 Å². The van der Waals surface area contributed by atoms with Crippen LogP contribution in [-0.4, -0.2) is 23.9 Å². The Bertz CT molecular complexity index is 589. The van der Waals surface area contributed by atoms with E-state index in [1.807, 2.05) is 0 Å². The lowest BCUT2D eigenvalue weighted by Gasteiger charge is -2.38. The number of nitrogens with one attached hydrogen (secondary N) is 1. The molecule has 0 aliphatic carbocycles. The minimum absolute atomic E-state index is 0.158. The Morgan fingerprint density at radius 1 is 1.14 bits per heavy atom. The van der Waals surface area contributed by atoms with E-state index in [0.29, 0.717) is 12.8 Å².